The third kappa shape index (κ3) is 3.10. The van der Waals surface area contributed by atoms with Crippen molar-refractivity contribution in [3.8, 4) is 0 Å². The molecule has 3 rings (SSSR count). The minimum Gasteiger partial charge on any atom is -0.481 e. The van der Waals surface area contributed by atoms with Gasteiger partial charge in [-0.3, -0.25) is 9.59 Å². The molecule has 0 aliphatic heterocycles. The van der Waals surface area contributed by atoms with Gasteiger partial charge in [0.15, 0.2) is 5.69 Å². The lowest BCUT2D eigenvalue weighted by Gasteiger charge is -2.08. The Hall–Kier alpha value is -2.63. The van der Waals surface area contributed by atoms with E-state index in [4.69, 9.17) is 9.63 Å². The van der Waals surface area contributed by atoms with Gasteiger partial charge in [0, 0.05) is 17.7 Å². The topological polar surface area (TPSA) is 92.4 Å². The van der Waals surface area contributed by atoms with Crippen molar-refractivity contribution in [2.75, 3.05) is 5.32 Å². The van der Waals surface area contributed by atoms with Gasteiger partial charge in [0.05, 0.1) is 6.42 Å². The number of amides is 1. The van der Waals surface area contributed by atoms with Gasteiger partial charge in [-0.2, -0.15) is 0 Å². The number of hydrogen-bond acceptors (Lipinski definition) is 4. The lowest BCUT2D eigenvalue weighted by molar-refractivity contribution is -0.136. The number of para-hydroxylation sites is 1. The molecule has 1 aliphatic carbocycles. The third-order valence-corrected chi connectivity index (χ3v) is 3.35. The van der Waals surface area contributed by atoms with E-state index in [2.05, 4.69) is 10.5 Å². The van der Waals surface area contributed by atoms with Gasteiger partial charge >= 0.3 is 5.97 Å². The van der Waals surface area contributed by atoms with Gasteiger partial charge in [-0.1, -0.05) is 23.4 Å². The van der Waals surface area contributed by atoms with Gasteiger partial charge in [-0.15, -0.1) is 0 Å². The smallest absolute Gasteiger partial charge is 0.307 e. The number of anilines is 1. The number of hydrogen-bond donors (Lipinski definition) is 2. The fraction of sp³-hybridized carbons (Fsp3) is 0.267. The van der Waals surface area contributed by atoms with E-state index < -0.39 is 11.9 Å². The summed E-state index contributed by atoms with van der Waals surface area (Å²) in [5.41, 5.74) is 1.23. The Morgan fingerprint density at radius 1 is 1.33 bits per heavy atom. The second-order valence-electron chi connectivity index (χ2n) is 5.07. The number of nitrogens with one attached hydrogen (secondary N) is 1. The second kappa shape index (κ2) is 5.40. The van der Waals surface area contributed by atoms with E-state index in [0.29, 0.717) is 17.2 Å². The van der Waals surface area contributed by atoms with Crippen LogP contribution >= 0.6 is 0 Å². The van der Waals surface area contributed by atoms with E-state index >= 15 is 0 Å². The number of carboxylic acid groups (broad SMARTS) is 1. The second-order valence-corrected chi connectivity index (χ2v) is 5.07. The minimum absolute atomic E-state index is 0.150. The number of carboxylic acids is 1. The molecule has 21 heavy (non-hydrogen) atoms. The van der Waals surface area contributed by atoms with E-state index in [9.17, 15) is 9.59 Å². The van der Waals surface area contributed by atoms with Crippen LogP contribution in [-0.2, 0) is 11.2 Å². The number of aromatic nitrogens is 1. The number of aliphatic carboxylic acids is 1. The first kappa shape index (κ1) is 13.4. The number of carbonyl (C=O) groups is 2. The molecule has 2 N–H and O–H groups in total. The van der Waals surface area contributed by atoms with Crippen LogP contribution in [0.3, 0.4) is 0 Å². The summed E-state index contributed by atoms with van der Waals surface area (Å²) in [6.07, 6.45) is 1.98. The molecule has 6 nitrogen and oxygen atoms in total. The first-order valence-electron chi connectivity index (χ1n) is 6.71. The Balaban J connectivity index is 1.75. The van der Waals surface area contributed by atoms with E-state index in [-0.39, 0.29) is 12.1 Å². The number of carbonyl (C=O) groups excluding carboxylic acids is 1. The summed E-state index contributed by atoms with van der Waals surface area (Å²) in [6, 6.07) is 8.45. The van der Waals surface area contributed by atoms with Crippen LogP contribution in [0.4, 0.5) is 5.69 Å². The van der Waals surface area contributed by atoms with Crippen molar-refractivity contribution in [2.24, 2.45) is 0 Å². The SMILES string of the molecule is O=C(O)Cc1ccccc1NC(=O)c1cc(C2CC2)on1. The van der Waals surface area contributed by atoms with Crippen LogP contribution in [0.2, 0.25) is 0 Å². The fourth-order valence-electron chi connectivity index (χ4n) is 2.10. The van der Waals surface area contributed by atoms with Crippen molar-refractivity contribution < 1.29 is 19.2 Å². The third-order valence-electron chi connectivity index (χ3n) is 3.35. The zero-order valence-corrected chi connectivity index (χ0v) is 11.2. The molecular weight excluding hydrogens is 272 g/mol. The van der Waals surface area contributed by atoms with Gasteiger partial charge in [0.2, 0.25) is 0 Å². The molecular formula is C15H14N2O4. The van der Waals surface area contributed by atoms with Gasteiger partial charge in [-0.05, 0) is 24.5 Å². The highest BCUT2D eigenvalue weighted by Gasteiger charge is 2.29. The highest BCUT2D eigenvalue weighted by atomic mass is 16.5. The van der Waals surface area contributed by atoms with E-state index in [1.165, 1.54) is 0 Å². The number of rotatable bonds is 5. The summed E-state index contributed by atoms with van der Waals surface area (Å²) in [6.45, 7) is 0. The zero-order valence-electron chi connectivity index (χ0n) is 11.2. The van der Waals surface area contributed by atoms with Gasteiger partial charge in [0.25, 0.3) is 5.91 Å². The summed E-state index contributed by atoms with van der Waals surface area (Å²) in [5, 5.41) is 15.3. The molecule has 0 spiro atoms. The molecule has 1 aliphatic rings. The standard InChI is InChI=1S/C15H14N2O4/c18-14(19)7-10-3-1-2-4-11(10)16-15(20)12-8-13(21-17-12)9-5-6-9/h1-4,8-9H,5-7H2,(H,16,20)(H,18,19). The van der Waals surface area contributed by atoms with Gasteiger partial charge in [-0.25, -0.2) is 0 Å². The average molecular weight is 286 g/mol. The van der Waals surface area contributed by atoms with Crippen LogP contribution in [-0.4, -0.2) is 22.1 Å². The molecule has 1 aromatic carbocycles. The van der Waals surface area contributed by atoms with Crippen LogP contribution in [0.15, 0.2) is 34.9 Å². The number of benzene rings is 1. The largest absolute Gasteiger partial charge is 0.481 e. The molecule has 0 saturated heterocycles. The lowest BCUT2D eigenvalue weighted by Crippen LogP contribution is -2.14. The monoisotopic (exact) mass is 286 g/mol. The van der Waals surface area contributed by atoms with Crippen LogP contribution < -0.4 is 5.32 Å². The van der Waals surface area contributed by atoms with Crippen LogP contribution in [0.25, 0.3) is 0 Å². The molecule has 0 radical (unpaired) electrons. The summed E-state index contributed by atoms with van der Waals surface area (Å²) in [4.78, 5) is 22.9. The molecule has 1 amide bonds. The van der Waals surface area contributed by atoms with E-state index in [1.54, 1.807) is 30.3 Å². The summed E-state index contributed by atoms with van der Waals surface area (Å²) in [5.74, 6) is -0.227. The maximum Gasteiger partial charge on any atom is 0.307 e. The molecule has 2 aromatic rings. The minimum atomic E-state index is -0.950. The lowest BCUT2D eigenvalue weighted by atomic mass is 10.1. The van der Waals surface area contributed by atoms with Crippen LogP contribution in [0, 0.1) is 0 Å². The molecule has 1 aromatic heterocycles. The van der Waals surface area contributed by atoms with Crippen LogP contribution in [0.1, 0.15) is 40.6 Å². The van der Waals surface area contributed by atoms with Crippen molar-refractivity contribution in [3.05, 3.63) is 47.3 Å². The summed E-state index contributed by atoms with van der Waals surface area (Å²) >= 11 is 0. The first-order chi connectivity index (χ1) is 10.1. The normalized spacial score (nSPS) is 13.9. The average Bonchev–Trinajstić information content (AvgIpc) is 3.18. The highest BCUT2D eigenvalue weighted by molar-refractivity contribution is 6.03. The van der Waals surface area contributed by atoms with Crippen molar-refractivity contribution >= 4 is 17.6 Å². The molecule has 1 heterocycles. The fourth-order valence-corrected chi connectivity index (χ4v) is 2.10. The van der Waals surface area contributed by atoms with Crippen molar-refractivity contribution in [1.82, 2.24) is 5.16 Å². The molecule has 1 fully saturated rings. The predicted octanol–water partition coefficient (Wildman–Crippen LogP) is 2.43. The van der Waals surface area contributed by atoms with Gasteiger partial charge < -0.3 is 14.9 Å². The zero-order chi connectivity index (χ0) is 14.8. The van der Waals surface area contributed by atoms with Crippen LogP contribution in [0.5, 0.6) is 0 Å². The molecule has 0 unspecified atom stereocenters. The molecule has 0 atom stereocenters. The molecule has 108 valence electrons. The Labute approximate surface area is 120 Å². The Bertz CT molecular complexity index is 688. The molecule has 1 saturated carbocycles. The van der Waals surface area contributed by atoms with Crippen molar-refractivity contribution in [3.63, 3.8) is 0 Å². The Morgan fingerprint density at radius 2 is 2.10 bits per heavy atom. The van der Waals surface area contributed by atoms with E-state index in [0.717, 1.165) is 18.6 Å². The van der Waals surface area contributed by atoms with Crippen molar-refractivity contribution in [2.45, 2.75) is 25.2 Å². The molecule has 0 bridgehead atoms. The Morgan fingerprint density at radius 3 is 2.81 bits per heavy atom. The summed E-state index contributed by atoms with van der Waals surface area (Å²) < 4.78 is 5.14. The highest BCUT2D eigenvalue weighted by Crippen LogP contribution is 2.40. The predicted molar refractivity (Wildman–Crippen MR) is 74.2 cm³/mol. The molecule has 6 heteroatoms. The maximum atomic E-state index is 12.1. The Kier molecular flexibility index (Phi) is 3.43. The van der Waals surface area contributed by atoms with Crippen molar-refractivity contribution in [1.29, 1.82) is 0 Å². The van der Waals surface area contributed by atoms with E-state index in [1.807, 2.05) is 0 Å². The van der Waals surface area contributed by atoms with Gasteiger partial charge in [0.1, 0.15) is 5.76 Å². The quantitative estimate of drug-likeness (QED) is 0.880. The first-order valence-corrected chi connectivity index (χ1v) is 6.71. The summed E-state index contributed by atoms with van der Waals surface area (Å²) in [7, 11) is 0. The number of nitrogens with zero attached hydrogens (tertiary/aromatic N) is 1. The maximum absolute atomic E-state index is 12.1.